The van der Waals surface area contributed by atoms with Crippen LogP contribution in [0.3, 0.4) is 0 Å². The Morgan fingerprint density at radius 3 is 2.33 bits per heavy atom. The van der Waals surface area contributed by atoms with Crippen LogP contribution in [0.2, 0.25) is 0 Å². The average Bonchev–Trinajstić information content (AvgIpc) is 2.73. The first-order valence-electron chi connectivity index (χ1n) is 10.8. The van der Waals surface area contributed by atoms with Crippen LogP contribution in [0.25, 0.3) is 6.08 Å². The van der Waals surface area contributed by atoms with Crippen LogP contribution >= 0.6 is 0 Å². The highest BCUT2D eigenvalue weighted by atomic mass is 16.5. The van der Waals surface area contributed by atoms with Gasteiger partial charge in [0.15, 0.2) is 6.61 Å². The minimum absolute atomic E-state index is 0.227. The Morgan fingerprint density at radius 1 is 1.07 bits per heavy atom. The molecule has 0 spiro atoms. The number of carbonyl (C=O) groups is 2. The van der Waals surface area contributed by atoms with Gasteiger partial charge in [0, 0.05) is 24.3 Å². The number of esters is 1. The van der Waals surface area contributed by atoms with Crippen LogP contribution in [0.1, 0.15) is 44.1 Å². The lowest BCUT2D eigenvalue weighted by Crippen LogP contribution is -2.51. The van der Waals surface area contributed by atoms with Gasteiger partial charge < -0.3 is 19.5 Å². The van der Waals surface area contributed by atoms with E-state index in [9.17, 15) is 9.59 Å². The summed E-state index contributed by atoms with van der Waals surface area (Å²) in [6.07, 6.45) is 10.8. The van der Waals surface area contributed by atoms with Gasteiger partial charge in [-0.3, -0.25) is 4.79 Å². The predicted octanol–water partition coefficient (Wildman–Crippen LogP) is 3.59. The van der Waals surface area contributed by atoms with Crippen molar-refractivity contribution in [2.24, 2.45) is 23.2 Å². The summed E-state index contributed by atoms with van der Waals surface area (Å²) < 4.78 is 15.6. The van der Waals surface area contributed by atoms with Gasteiger partial charge in [0.05, 0.1) is 14.2 Å². The smallest absolute Gasteiger partial charge is 0.331 e. The van der Waals surface area contributed by atoms with Crippen molar-refractivity contribution in [1.82, 2.24) is 5.32 Å². The number of rotatable bonds is 8. The first-order chi connectivity index (χ1) is 14.5. The zero-order valence-corrected chi connectivity index (χ0v) is 17.8. The Balaban J connectivity index is 1.23. The van der Waals surface area contributed by atoms with Crippen LogP contribution < -0.4 is 14.8 Å². The highest BCUT2D eigenvalue weighted by molar-refractivity contribution is 5.89. The van der Waals surface area contributed by atoms with Gasteiger partial charge in [-0.1, -0.05) is 0 Å². The van der Waals surface area contributed by atoms with E-state index >= 15 is 0 Å². The molecular weight excluding hydrogens is 382 g/mol. The summed E-state index contributed by atoms with van der Waals surface area (Å²) in [5.74, 6) is 3.03. The molecule has 0 saturated heterocycles. The lowest BCUT2D eigenvalue weighted by molar-refractivity contribution is -0.144. The number of nitrogens with one attached hydrogen (secondary N) is 1. The molecule has 30 heavy (non-hydrogen) atoms. The molecule has 4 aliphatic rings. The molecule has 4 bridgehead atoms. The lowest BCUT2D eigenvalue weighted by Gasteiger charge is -2.56. The Hall–Kier alpha value is -2.50. The summed E-state index contributed by atoms with van der Waals surface area (Å²) in [7, 11) is 3.13. The molecule has 1 aromatic rings. The molecule has 162 valence electrons. The SMILES string of the molecule is COc1ccc(/C=C/C(=O)OCC(=O)NCC23CC4CC(CC(C4)C2)C3)c(OC)c1. The molecule has 0 heterocycles. The van der Waals surface area contributed by atoms with Gasteiger partial charge >= 0.3 is 5.97 Å². The van der Waals surface area contributed by atoms with Crippen molar-refractivity contribution >= 4 is 18.0 Å². The molecule has 6 nitrogen and oxygen atoms in total. The molecule has 0 atom stereocenters. The Morgan fingerprint density at radius 2 is 1.73 bits per heavy atom. The van der Waals surface area contributed by atoms with Crippen molar-refractivity contribution in [3.05, 3.63) is 29.8 Å². The van der Waals surface area contributed by atoms with E-state index < -0.39 is 5.97 Å². The molecule has 0 aromatic heterocycles. The van der Waals surface area contributed by atoms with E-state index in [1.54, 1.807) is 38.5 Å². The second-order valence-electron chi connectivity index (χ2n) is 9.24. The van der Waals surface area contributed by atoms with E-state index in [1.165, 1.54) is 44.6 Å². The zero-order chi connectivity index (χ0) is 21.1. The summed E-state index contributed by atoms with van der Waals surface area (Å²) in [6, 6.07) is 5.31. The quantitative estimate of drug-likeness (QED) is 0.521. The molecule has 1 aromatic carbocycles. The predicted molar refractivity (Wildman–Crippen MR) is 113 cm³/mol. The molecule has 4 aliphatic carbocycles. The van der Waals surface area contributed by atoms with Crippen molar-refractivity contribution in [1.29, 1.82) is 0 Å². The fourth-order valence-electron chi connectivity index (χ4n) is 6.14. The average molecular weight is 414 g/mol. The van der Waals surface area contributed by atoms with Crippen molar-refractivity contribution in [2.75, 3.05) is 27.4 Å². The maximum Gasteiger partial charge on any atom is 0.331 e. The maximum absolute atomic E-state index is 12.2. The molecule has 4 fully saturated rings. The van der Waals surface area contributed by atoms with E-state index in [-0.39, 0.29) is 17.9 Å². The van der Waals surface area contributed by atoms with Crippen LogP contribution in [-0.4, -0.2) is 39.2 Å². The van der Waals surface area contributed by atoms with Gasteiger partial charge in [-0.25, -0.2) is 4.79 Å². The Labute approximate surface area is 178 Å². The number of hydrogen-bond acceptors (Lipinski definition) is 5. The van der Waals surface area contributed by atoms with Crippen molar-refractivity contribution < 1.29 is 23.8 Å². The van der Waals surface area contributed by atoms with Gasteiger partial charge in [-0.15, -0.1) is 0 Å². The maximum atomic E-state index is 12.2. The summed E-state index contributed by atoms with van der Waals surface area (Å²) in [6.45, 7) is 0.459. The van der Waals surface area contributed by atoms with Crippen molar-refractivity contribution in [3.8, 4) is 11.5 Å². The summed E-state index contributed by atoms with van der Waals surface area (Å²) in [5.41, 5.74) is 1.00. The van der Waals surface area contributed by atoms with Crippen molar-refractivity contribution in [2.45, 2.75) is 38.5 Å². The van der Waals surface area contributed by atoms with E-state index in [4.69, 9.17) is 14.2 Å². The van der Waals surface area contributed by atoms with Gasteiger partial charge in [-0.05, 0) is 79.9 Å². The van der Waals surface area contributed by atoms with Gasteiger partial charge in [0.25, 0.3) is 5.91 Å². The van der Waals surface area contributed by atoms with Crippen LogP contribution in [0.4, 0.5) is 0 Å². The number of benzene rings is 1. The third-order valence-corrected chi connectivity index (χ3v) is 7.01. The monoisotopic (exact) mass is 413 g/mol. The normalized spacial score (nSPS) is 29.1. The molecule has 0 aliphatic heterocycles. The fraction of sp³-hybridized carbons (Fsp3) is 0.583. The largest absolute Gasteiger partial charge is 0.497 e. The number of carbonyl (C=O) groups excluding carboxylic acids is 2. The first kappa shape index (κ1) is 20.8. The van der Waals surface area contributed by atoms with Crippen LogP contribution in [0.5, 0.6) is 11.5 Å². The molecule has 1 amide bonds. The van der Waals surface area contributed by atoms with E-state index in [0.29, 0.717) is 18.0 Å². The topological polar surface area (TPSA) is 73.9 Å². The Bertz CT molecular complexity index is 796. The molecule has 4 saturated carbocycles. The number of methoxy groups -OCH3 is 2. The number of ether oxygens (including phenoxy) is 3. The number of amides is 1. The molecule has 5 rings (SSSR count). The van der Waals surface area contributed by atoms with Crippen LogP contribution in [-0.2, 0) is 14.3 Å². The van der Waals surface area contributed by atoms with Crippen LogP contribution in [0, 0.1) is 23.2 Å². The molecule has 1 N–H and O–H groups in total. The second-order valence-corrected chi connectivity index (χ2v) is 9.24. The first-order valence-corrected chi connectivity index (χ1v) is 10.8. The summed E-state index contributed by atoms with van der Waals surface area (Å²) in [5, 5.41) is 3.03. The summed E-state index contributed by atoms with van der Waals surface area (Å²) in [4.78, 5) is 24.3. The van der Waals surface area contributed by atoms with Gasteiger partial charge in [-0.2, -0.15) is 0 Å². The van der Waals surface area contributed by atoms with Gasteiger partial charge in [0.2, 0.25) is 0 Å². The van der Waals surface area contributed by atoms with E-state index in [0.717, 1.165) is 23.3 Å². The molecule has 0 radical (unpaired) electrons. The third-order valence-electron chi connectivity index (χ3n) is 7.01. The van der Waals surface area contributed by atoms with Gasteiger partial charge in [0.1, 0.15) is 11.5 Å². The minimum Gasteiger partial charge on any atom is -0.497 e. The third kappa shape index (κ3) is 4.63. The number of hydrogen-bond donors (Lipinski definition) is 1. The molecule has 6 heteroatoms. The molecular formula is C24H31NO5. The highest BCUT2D eigenvalue weighted by Gasteiger charge is 2.50. The standard InChI is InChI=1S/C24H31NO5/c1-28-20-5-3-19(21(10-20)29-2)4-6-23(27)30-14-22(26)25-15-24-11-16-7-17(12-24)9-18(8-16)13-24/h3-6,10,16-18H,7-9,11-15H2,1-2H3,(H,25,26)/b6-4+. The van der Waals surface area contributed by atoms with Crippen LogP contribution in [0.15, 0.2) is 24.3 Å². The van der Waals surface area contributed by atoms with E-state index in [1.807, 2.05) is 0 Å². The Kier molecular flexibility index (Phi) is 6.02. The lowest BCUT2D eigenvalue weighted by atomic mass is 9.49. The molecule has 0 unspecified atom stereocenters. The van der Waals surface area contributed by atoms with Crippen molar-refractivity contribution in [3.63, 3.8) is 0 Å². The highest BCUT2D eigenvalue weighted by Crippen LogP contribution is 2.59. The summed E-state index contributed by atoms with van der Waals surface area (Å²) >= 11 is 0. The zero-order valence-electron chi connectivity index (χ0n) is 17.8. The van der Waals surface area contributed by atoms with E-state index in [2.05, 4.69) is 5.32 Å². The second kappa shape index (κ2) is 8.70. The fourth-order valence-corrected chi connectivity index (χ4v) is 6.14. The minimum atomic E-state index is -0.558.